The van der Waals surface area contributed by atoms with Gasteiger partial charge in [-0.3, -0.25) is 4.90 Å². The summed E-state index contributed by atoms with van der Waals surface area (Å²) in [6.45, 7) is 7.01. The number of aryl methyl sites for hydroxylation is 1. The van der Waals surface area contributed by atoms with E-state index in [9.17, 15) is 8.78 Å². The molecule has 3 heterocycles. The number of morpholine rings is 1. The number of aromatic nitrogens is 3. The van der Waals surface area contributed by atoms with Gasteiger partial charge in [-0.1, -0.05) is 0 Å². The van der Waals surface area contributed by atoms with Crippen molar-refractivity contribution in [2.45, 2.75) is 31.4 Å². The van der Waals surface area contributed by atoms with Crippen molar-refractivity contribution in [2.24, 2.45) is 0 Å². The molecule has 0 amide bonds. The smallest absolute Gasteiger partial charge is 0.246 e. The minimum Gasteiger partial charge on any atom is -0.372 e. The maximum absolute atomic E-state index is 13.5. The van der Waals surface area contributed by atoms with Gasteiger partial charge < -0.3 is 15.0 Å². The average molecular weight is 455 g/mol. The number of benzene rings is 2. The number of nitrogens with one attached hydrogen (secondary N) is 1. The Morgan fingerprint density at radius 1 is 1.06 bits per heavy atom. The molecule has 7 nitrogen and oxygen atoms in total. The van der Waals surface area contributed by atoms with E-state index in [4.69, 9.17) is 4.74 Å². The molecule has 0 bridgehead atoms. The number of hydrogen-bond acceptors (Lipinski definition) is 6. The Kier molecular flexibility index (Phi) is 4.84. The molecule has 1 N–H and O–H groups in total. The zero-order valence-corrected chi connectivity index (χ0v) is 18.5. The van der Waals surface area contributed by atoms with Crippen LogP contribution in [-0.2, 0) is 4.74 Å². The van der Waals surface area contributed by atoms with Crippen LogP contribution in [0.3, 0.4) is 0 Å². The van der Waals surface area contributed by atoms with Crippen LogP contribution in [0.4, 0.5) is 26.1 Å². The summed E-state index contributed by atoms with van der Waals surface area (Å²) in [6.07, 6.45) is 3.83. The van der Waals surface area contributed by atoms with Crippen molar-refractivity contribution in [1.82, 2.24) is 19.7 Å². The minimum atomic E-state index is -0.657. The lowest BCUT2D eigenvalue weighted by Crippen LogP contribution is -2.63. The summed E-state index contributed by atoms with van der Waals surface area (Å²) in [5, 5.41) is 7.54. The molecule has 3 aliphatic rings. The van der Waals surface area contributed by atoms with E-state index in [1.807, 2.05) is 6.07 Å². The molecule has 1 spiro atoms. The lowest BCUT2D eigenvalue weighted by Gasteiger charge is -2.49. The van der Waals surface area contributed by atoms with Gasteiger partial charge in [-0.25, -0.2) is 13.5 Å². The van der Waals surface area contributed by atoms with E-state index in [1.165, 1.54) is 36.0 Å². The zero-order chi connectivity index (χ0) is 22.6. The molecule has 3 aromatic rings. The van der Waals surface area contributed by atoms with Crippen molar-refractivity contribution in [2.75, 3.05) is 43.0 Å². The average Bonchev–Trinajstić information content (AvgIpc) is 3.28. The Balaban J connectivity index is 0.00000241. The molecule has 2 saturated heterocycles. The molecule has 6 rings (SSSR count). The van der Waals surface area contributed by atoms with Gasteiger partial charge in [-0.05, 0) is 55.7 Å². The normalized spacial score (nSPS) is 20.2. The predicted molar refractivity (Wildman–Crippen MR) is 123 cm³/mol. The van der Waals surface area contributed by atoms with Gasteiger partial charge in [0.15, 0.2) is 0 Å². The molecule has 1 saturated carbocycles. The minimum absolute atomic E-state index is 0. The number of ether oxygens (including phenoxy) is 1. The van der Waals surface area contributed by atoms with E-state index >= 15 is 0 Å². The zero-order valence-electron chi connectivity index (χ0n) is 18.5. The monoisotopic (exact) mass is 454 g/mol. The molecule has 2 aromatic carbocycles. The van der Waals surface area contributed by atoms with Crippen LogP contribution < -0.4 is 10.2 Å². The highest BCUT2D eigenvalue weighted by Crippen LogP contribution is 2.43. The second-order valence-electron chi connectivity index (χ2n) is 9.38. The van der Waals surface area contributed by atoms with Crippen molar-refractivity contribution in [1.29, 1.82) is 0 Å². The van der Waals surface area contributed by atoms with Gasteiger partial charge in [0, 0.05) is 51.1 Å². The first-order valence-electron chi connectivity index (χ1n) is 11.3. The molecule has 9 heteroatoms. The van der Waals surface area contributed by atoms with E-state index in [2.05, 4.69) is 44.3 Å². The van der Waals surface area contributed by atoms with Crippen LogP contribution in [0.2, 0.25) is 0 Å². The van der Waals surface area contributed by atoms with Gasteiger partial charge in [0.25, 0.3) is 0 Å². The third kappa shape index (κ3) is 4.18. The molecule has 0 atom stereocenters. The summed E-state index contributed by atoms with van der Waals surface area (Å²) in [5.74, 6) is -0.952. The molecule has 2 aliphatic heterocycles. The van der Waals surface area contributed by atoms with E-state index in [-0.39, 0.29) is 12.7 Å². The summed E-state index contributed by atoms with van der Waals surface area (Å²) in [6, 6.07) is 10.1. The standard InChI is InChI=1S/C24H26F2N6O.H2/c1-16-6-19(28-23-27-15-32(29-23)21-9-17(25)8-18(26)10-21)11-20(7-16)31-12-22(13-31)30-4-5-33-24(14-30)2-3-24;/h6-11,15,22H,2-5,12-14H2,1H3,(H,28,29);1H. The molecule has 174 valence electrons. The number of halogens is 2. The third-order valence-electron chi connectivity index (χ3n) is 6.75. The first kappa shape index (κ1) is 20.6. The highest BCUT2D eigenvalue weighted by atomic mass is 19.1. The Bertz CT molecular complexity index is 1170. The van der Waals surface area contributed by atoms with E-state index < -0.39 is 11.6 Å². The fraction of sp³-hybridized carbons (Fsp3) is 0.417. The van der Waals surface area contributed by atoms with Gasteiger partial charge in [0.2, 0.25) is 5.95 Å². The highest BCUT2D eigenvalue weighted by molar-refractivity contribution is 5.65. The lowest BCUT2D eigenvalue weighted by molar-refractivity contribution is -0.0630. The predicted octanol–water partition coefficient (Wildman–Crippen LogP) is 3.90. The summed E-state index contributed by atoms with van der Waals surface area (Å²) >= 11 is 0. The van der Waals surface area contributed by atoms with Gasteiger partial charge in [-0.15, -0.1) is 5.10 Å². The van der Waals surface area contributed by atoms with Crippen LogP contribution >= 0.6 is 0 Å². The number of rotatable bonds is 5. The highest BCUT2D eigenvalue weighted by Gasteiger charge is 2.49. The van der Waals surface area contributed by atoms with Crippen LogP contribution in [0.5, 0.6) is 0 Å². The van der Waals surface area contributed by atoms with E-state index in [1.54, 1.807) is 0 Å². The van der Waals surface area contributed by atoms with Crippen molar-refractivity contribution in [3.63, 3.8) is 0 Å². The Hall–Kier alpha value is -3.04. The molecule has 1 aliphatic carbocycles. The maximum Gasteiger partial charge on any atom is 0.246 e. The van der Waals surface area contributed by atoms with E-state index in [0.717, 1.165) is 55.8 Å². The fourth-order valence-corrected chi connectivity index (χ4v) is 4.79. The topological polar surface area (TPSA) is 58.5 Å². The molecule has 0 radical (unpaired) electrons. The number of anilines is 3. The summed E-state index contributed by atoms with van der Waals surface area (Å²) in [5.41, 5.74) is 3.61. The Morgan fingerprint density at radius 3 is 2.61 bits per heavy atom. The summed E-state index contributed by atoms with van der Waals surface area (Å²) < 4.78 is 34.4. The first-order chi connectivity index (χ1) is 15.9. The molecule has 33 heavy (non-hydrogen) atoms. The van der Waals surface area contributed by atoms with Gasteiger partial charge in [-0.2, -0.15) is 4.98 Å². The number of nitrogens with zero attached hydrogens (tertiary/aromatic N) is 5. The summed E-state index contributed by atoms with van der Waals surface area (Å²) in [7, 11) is 0. The quantitative estimate of drug-likeness (QED) is 0.631. The van der Waals surface area contributed by atoms with Crippen molar-refractivity contribution >= 4 is 17.3 Å². The molecule has 0 unspecified atom stereocenters. The molecular formula is C24H28F2N6O. The van der Waals surface area contributed by atoms with Crippen molar-refractivity contribution in [3.8, 4) is 5.69 Å². The second-order valence-corrected chi connectivity index (χ2v) is 9.38. The molecular weight excluding hydrogens is 426 g/mol. The van der Waals surface area contributed by atoms with Crippen LogP contribution in [0, 0.1) is 18.6 Å². The van der Waals surface area contributed by atoms with Crippen LogP contribution in [0.1, 0.15) is 19.8 Å². The van der Waals surface area contributed by atoms with E-state index in [0.29, 0.717) is 12.0 Å². The van der Waals surface area contributed by atoms with Gasteiger partial charge in [0.1, 0.15) is 18.0 Å². The SMILES string of the molecule is Cc1cc(Nc2ncn(-c3cc(F)cc(F)c3)n2)cc(N2CC(N3CCOC4(CC4)C3)C2)c1.[HH]. The fourth-order valence-electron chi connectivity index (χ4n) is 4.79. The van der Waals surface area contributed by atoms with Crippen LogP contribution in [0.15, 0.2) is 42.7 Å². The van der Waals surface area contributed by atoms with Gasteiger partial charge >= 0.3 is 0 Å². The summed E-state index contributed by atoms with van der Waals surface area (Å²) in [4.78, 5) is 9.22. The van der Waals surface area contributed by atoms with Gasteiger partial charge in [0.05, 0.1) is 17.9 Å². The maximum atomic E-state index is 13.5. The lowest BCUT2D eigenvalue weighted by atomic mass is 10.0. The van der Waals surface area contributed by atoms with Crippen molar-refractivity contribution in [3.05, 3.63) is 59.9 Å². The van der Waals surface area contributed by atoms with Crippen LogP contribution in [0.25, 0.3) is 5.69 Å². The van der Waals surface area contributed by atoms with Crippen LogP contribution in [-0.4, -0.2) is 64.1 Å². The number of hydrogen-bond donors (Lipinski definition) is 1. The molecule has 1 aromatic heterocycles. The second kappa shape index (κ2) is 7.78. The Labute approximate surface area is 192 Å². The van der Waals surface area contributed by atoms with Crippen molar-refractivity contribution < 1.29 is 14.9 Å². The Morgan fingerprint density at radius 2 is 1.85 bits per heavy atom. The largest absolute Gasteiger partial charge is 0.372 e. The molecule has 3 fully saturated rings. The third-order valence-corrected chi connectivity index (χ3v) is 6.75. The first-order valence-corrected chi connectivity index (χ1v) is 11.3.